The first kappa shape index (κ1) is 14.2. The molecule has 4 N–H and O–H groups in total. The molecule has 0 saturated heterocycles. The molecule has 0 aliphatic rings. The highest BCUT2D eigenvalue weighted by atomic mass is 16.4. The quantitative estimate of drug-likeness (QED) is 0.536. The molecule has 0 atom stereocenters. The number of nitrogens with one attached hydrogen (secondary N) is 3. The van der Waals surface area contributed by atoms with Gasteiger partial charge in [-0.15, -0.1) is 0 Å². The van der Waals surface area contributed by atoms with Crippen LogP contribution < -0.4 is 10.6 Å². The number of amides is 1. The smallest absolute Gasteiger partial charge is 0.337 e. The van der Waals surface area contributed by atoms with Gasteiger partial charge in [-0.2, -0.15) is 0 Å². The number of carbonyl (C=O) groups excluding carboxylic acids is 1. The van der Waals surface area contributed by atoms with Crippen LogP contribution in [0.25, 0.3) is 0 Å². The van der Waals surface area contributed by atoms with E-state index in [4.69, 9.17) is 5.11 Å². The van der Waals surface area contributed by atoms with Crippen LogP contribution >= 0.6 is 0 Å². The Morgan fingerprint density at radius 1 is 1.44 bits per heavy atom. The number of aromatic amines is 1. The second-order valence-corrected chi connectivity index (χ2v) is 4.02. The van der Waals surface area contributed by atoms with Crippen molar-refractivity contribution in [1.29, 1.82) is 0 Å². The Balaban J connectivity index is 2.34. The third kappa shape index (κ3) is 4.21. The maximum absolute atomic E-state index is 11.2. The molecule has 0 saturated carbocycles. The van der Waals surface area contributed by atoms with Gasteiger partial charge in [0.15, 0.2) is 0 Å². The SMILES string of the molecule is CCNC(=O)CCNCc1cc(C(=O)O)c(C)[nH]1. The van der Waals surface area contributed by atoms with Gasteiger partial charge < -0.3 is 20.7 Å². The number of carbonyl (C=O) groups is 2. The van der Waals surface area contributed by atoms with Crippen LogP contribution in [0, 0.1) is 6.92 Å². The number of aromatic carboxylic acids is 1. The predicted octanol–water partition coefficient (Wildman–Crippen LogP) is 0.637. The minimum absolute atomic E-state index is 0.0129. The second kappa shape index (κ2) is 6.80. The molecule has 0 radical (unpaired) electrons. The normalized spacial score (nSPS) is 10.3. The summed E-state index contributed by atoms with van der Waals surface area (Å²) in [6, 6.07) is 1.61. The summed E-state index contributed by atoms with van der Waals surface area (Å²) in [6.07, 6.45) is 0.416. The largest absolute Gasteiger partial charge is 0.478 e. The number of carboxylic acid groups (broad SMARTS) is 1. The fourth-order valence-electron chi connectivity index (χ4n) is 1.65. The molecule has 1 rings (SSSR count). The van der Waals surface area contributed by atoms with Gasteiger partial charge in [0.2, 0.25) is 5.91 Å². The van der Waals surface area contributed by atoms with Gasteiger partial charge in [-0.25, -0.2) is 4.79 Å². The zero-order valence-electron chi connectivity index (χ0n) is 10.7. The maximum atomic E-state index is 11.2. The molecule has 18 heavy (non-hydrogen) atoms. The van der Waals surface area contributed by atoms with Gasteiger partial charge in [-0.05, 0) is 19.9 Å². The van der Waals surface area contributed by atoms with Crippen molar-refractivity contribution in [1.82, 2.24) is 15.6 Å². The zero-order chi connectivity index (χ0) is 13.5. The number of H-pyrrole nitrogens is 1. The van der Waals surface area contributed by atoms with Crippen molar-refractivity contribution in [3.8, 4) is 0 Å². The topological polar surface area (TPSA) is 94.2 Å². The van der Waals surface area contributed by atoms with Crippen molar-refractivity contribution >= 4 is 11.9 Å². The fourth-order valence-corrected chi connectivity index (χ4v) is 1.65. The Labute approximate surface area is 106 Å². The molecular weight excluding hydrogens is 234 g/mol. The van der Waals surface area contributed by atoms with E-state index in [1.807, 2.05) is 6.92 Å². The van der Waals surface area contributed by atoms with E-state index in [0.29, 0.717) is 31.7 Å². The molecule has 6 nitrogen and oxygen atoms in total. The van der Waals surface area contributed by atoms with Gasteiger partial charge in [0.1, 0.15) is 0 Å². The highest BCUT2D eigenvalue weighted by Gasteiger charge is 2.10. The Morgan fingerprint density at radius 3 is 2.72 bits per heavy atom. The van der Waals surface area contributed by atoms with Crippen molar-refractivity contribution in [3.05, 3.63) is 23.0 Å². The van der Waals surface area contributed by atoms with Crippen molar-refractivity contribution in [2.75, 3.05) is 13.1 Å². The van der Waals surface area contributed by atoms with E-state index in [-0.39, 0.29) is 11.5 Å². The van der Waals surface area contributed by atoms with Crippen LogP contribution in [0.15, 0.2) is 6.07 Å². The summed E-state index contributed by atoms with van der Waals surface area (Å²) in [4.78, 5) is 25.0. The van der Waals surface area contributed by atoms with E-state index < -0.39 is 5.97 Å². The van der Waals surface area contributed by atoms with Crippen molar-refractivity contribution in [3.63, 3.8) is 0 Å². The van der Waals surface area contributed by atoms with E-state index >= 15 is 0 Å². The van der Waals surface area contributed by atoms with Crippen LogP contribution in [0.1, 0.15) is 35.1 Å². The molecule has 0 fully saturated rings. The van der Waals surface area contributed by atoms with Crippen LogP contribution in [0.2, 0.25) is 0 Å². The zero-order valence-corrected chi connectivity index (χ0v) is 10.7. The lowest BCUT2D eigenvalue weighted by atomic mass is 10.2. The Bertz CT molecular complexity index is 426. The van der Waals surface area contributed by atoms with Gasteiger partial charge in [0.25, 0.3) is 0 Å². The van der Waals surface area contributed by atoms with E-state index in [1.165, 1.54) is 0 Å². The van der Waals surface area contributed by atoms with E-state index in [1.54, 1.807) is 13.0 Å². The van der Waals surface area contributed by atoms with Crippen molar-refractivity contribution in [2.24, 2.45) is 0 Å². The van der Waals surface area contributed by atoms with Gasteiger partial charge in [-0.1, -0.05) is 0 Å². The summed E-state index contributed by atoms with van der Waals surface area (Å²) >= 11 is 0. The van der Waals surface area contributed by atoms with E-state index in [0.717, 1.165) is 5.69 Å². The Hall–Kier alpha value is -1.82. The molecule has 0 unspecified atom stereocenters. The first-order valence-electron chi connectivity index (χ1n) is 5.93. The molecule has 0 aromatic carbocycles. The number of rotatable bonds is 7. The molecule has 6 heteroatoms. The summed E-state index contributed by atoms with van der Waals surface area (Å²) in [6.45, 7) is 5.32. The van der Waals surface area contributed by atoms with Gasteiger partial charge in [-0.3, -0.25) is 4.79 Å². The number of hydrogen-bond acceptors (Lipinski definition) is 3. The summed E-state index contributed by atoms with van der Waals surface area (Å²) in [5, 5.41) is 14.7. The summed E-state index contributed by atoms with van der Waals surface area (Å²) in [5.41, 5.74) is 1.74. The van der Waals surface area contributed by atoms with Crippen LogP contribution in [0.5, 0.6) is 0 Å². The third-order valence-electron chi connectivity index (χ3n) is 2.52. The van der Waals surface area contributed by atoms with Crippen LogP contribution in [-0.4, -0.2) is 35.1 Å². The average molecular weight is 253 g/mol. The molecule has 0 bridgehead atoms. The minimum atomic E-state index is -0.933. The monoisotopic (exact) mass is 253 g/mol. The fraction of sp³-hybridized carbons (Fsp3) is 0.500. The third-order valence-corrected chi connectivity index (χ3v) is 2.52. The van der Waals surface area contributed by atoms with Crippen LogP contribution in [0.3, 0.4) is 0 Å². The molecule has 1 aromatic rings. The summed E-state index contributed by atoms with van der Waals surface area (Å²) in [7, 11) is 0. The summed E-state index contributed by atoms with van der Waals surface area (Å²) < 4.78 is 0. The van der Waals surface area contributed by atoms with Gasteiger partial charge >= 0.3 is 5.97 Å². The van der Waals surface area contributed by atoms with Crippen molar-refractivity contribution < 1.29 is 14.7 Å². The highest BCUT2D eigenvalue weighted by molar-refractivity contribution is 5.89. The molecule has 0 spiro atoms. The molecule has 1 heterocycles. The molecule has 0 aliphatic heterocycles. The second-order valence-electron chi connectivity index (χ2n) is 4.02. The average Bonchev–Trinajstić information content (AvgIpc) is 2.66. The molecule has 100 valence electrons. The standard InChI is InChI=1S/C12H19N3O3/c1-3-14-11(16)4-5-13-7-9-6-10(12(17)18)8(2)15-9/h6,13,15H,3-5,7H2,1-2H3,(H,14,16)(H,17,18). The van der Waals surface area contributed by atoms with E-state index in [2.05, 4.69) is 15.6 Å². The highest BCUT2D eigenvalue weighted by Crippen LogP contribution is 2.09. The lowest BCUT2D eigenvalue weighted by Crippen LogP contribution is -2.27. The molecule has 1 amide bonds. The van der Waals surface area contributed by atoms with E-state index in [9.17, 15) is 9.59 Å². The van der Waals surface area contributed by atoms with Gasteiger partial charge in [0, 0.05) is 37.4 Å². The van der Waals surface area contributed by atoms with Crippen LogP contribution in [0.4, 0.5) is 0 Å². The first-order valence-corrected chi connectivity index (χ1v) is 5.93. The Morgan fingerprint density at radius 2 is 2.17 bits per heavy atom. The lowest BCUT2D eigenvalue weighted by molar-refractivity contribution is -0.120. The molecule has 0 aliphatic carbocycles. The molecule has 1 aromatic heterocycles. The maximum Gasteiger partial charge on any atom is 0.337 e. The van der Waals surface area contributed by atoms with Crippen LogP contribution in [-0.2, 0) is 11.3 Å². The lowest BCUT2D eigenvalue weighted by Gasteiger charge is -2.03. The first-order chi connectivity index (χ1) is 8.54. The number of aryl methyl sites for hydroxylation is 1. The van der Waals surface area contributed by atoms with Crippen molar-refractivity contribution in [2.45, 2.75) is 26.8 Å². The predicted molar refractivity (Wildman–Crippen MR) is 67.5 cm³/mol. The minimum Gasteiger partial charge on any atom is -0.478 e. The summed E-state index contributed by atoms with van der Waals surface area (Å²) in [5.74, 6) is -0.920. The molecular formula is C12H19N3O3. The van der Waals surface area contributed by atoms with Gasteiger partial charge in [0.05, 0.1) is 5.56 Å². The number of aromatic nitrogens is 1. The number of hydrogen-bond donors (Lipinski definition) is 4. The Kier molecular flexibility index (Phi) is 5.38. The number of carboxylic acids is 1.